The molecule has 3 heterocycles. The van der Waals surface area contributed by atoms with Gasteiger partial charge in [0, 0.05) is 69.6 Å². The Morgan fingerprint density at radius 1 is 1.38 bits per heavy atom. The van der Waals surface area contributed by atoms with Crippen molar-refractivity contribution in [2.75, 3.05) is 26.7 Å². The first-order valence-electron chi connectivity index (χ1n) is 11.4. The molecule has 1 aliphatic heterocycles. The van der Waals surface area contributed by atoms with Crippen molar-refractivity contribution in [1.29, 1.82) is 0 Å². The standard InChI is InChI=1S/C24H33N5O3/c1-5-28-15-19(22-13-21(31-4)8-9-23(22)28)14-27-11-6-7-20(16-27)29(18(3)30)12-10-24-25-17(2)32-26-24/h8-9,13,15,20H,5-7,10-12,14,16H2,1-4H3. The minimum Gasteiger partial charge on any atom is -0.497 e. The number of hydrogen-bond donors (Lipinski definition) is 0. The number of carbonyl (C=O) groups excluding carboxylic acids is 1. The summed E-state index contributed by atoms with van der Waals surface area (Å²) in [7, 11) is 1.71. The highest BCUT2D eigenvalue weighted by Gasteiger charge is 2.28. The average molecular weight is 440 g/mol. The Labute approximate surface area is 189 Å². The topological polar surface area (TPSA) is 76.6 Å². The molecule has 1 amide bonds. The first-order chi connectivity index (χ1) is 15.5. The summed E-state index contributed by atoms with van der Waals surface area (Å²) in [6, 6.07) is 6.48. The Hall–Kier alpha value is -2.87. The van der Waals surface area contributed by atoms with Gasteiger partial charge in [-0.3, -0.25) is 9.69 Å². The molecule has 0 aliphatic carbocycles. The Morgan fingerprint density at radius 3 is 2.91 bits per heavy atom. The summed E-state index contributed by atoms with van der Waals surface area (Å²) < 4.78 is 12.8. The van der Waals surface area contributed by atoms with E-state index in [1.807, 2.05) is 11.0 Å². The molecule has 0 saturated carbocycles. The molecule has 32 heavy (non-hydrogen) atoms. The monoisotopic (exact) mass is 439 g/mol. The predicted molar refractivity (Wildman–Crippen MR) is 123 cm³/mol. The summed E-state index contributed by atoms with van der Waals surface area (Å²) in [5.74, 6) is 2.19. The van der Waals surface area contributed by atoms with Crippen molar-refractivity contribution in [2.24, 2.45) is 0 Å². The van der Waals surface area contributed by atoms with Crippen LogP contribution in [0.1, 0.15) is 44.0 Å². The second-order valence-corrected chi connectivity index (χ2v) is 8.55. The van der Waals surface area contributed by atoms with Gasteiger partial charge < -0.3 is 18.7 Å². The highest BCUT2D eigenvalue weighted by molar-refractivity contribution is 5.85. The SMILES string of the molecule is CCn1cc(CN2CCCC(N(CCc3noc(C)n3)C(C)=O)C2)c2cc(OC)ccc21. The van der Waals surface area contributed by atoms with E-state index in [0.29, 0.717) is 24.7 Å². The molecule has 0 radical (unpaired) electrons. The van der Waals surface area contributed by atoms with Crippen molar-refractivity contribution >= 4 is 16.8 Å². The van der Waals surface area contributed by atoms with Crippen LogP contribution in [-0.2, 0) is 24.3 Å². The number of carbonyl (C=O) groups is 1. The molecular weight excluding hydrogens is 406 g/mol. The van der Waals surface area contributed by atoms with Gasteiger partial charge in [0.25, 0.3) is 0 Å². The number of benzene rings is 1. The molecule has 0 N–H and O–H groups in total. The molecule has 3 aromatic rings. The molecule has 172 valence electrons. The maximum Gasteiger partial charge on any atom is 0.223 e. The lowest BCUT2D eigenvalue weighted by atomic mass is 10.0. The Kier molecular flexibility index (Phi) is 6.79. The van der Waals surface area contributed by atoms with E-state index in [1.54, 1.807) is 21.0 Å². The maximum atomic E-state index is 12.4. The number of fused-ring (bicyclic) bond motifs is 1. The molecule has 1 atom stereocenters. The summed E-state index contributed by atoms with van der Waals surface area (Å²) in [6.45, 7) is 9.91. The number of amides is 1. The maximum absolute atomic E-state index is 12.4. The van der Waals surface area contributed by atoms with Crippen LogP contribution in [0.5, 0.6) is 5.75 Å². The molecule has 1 fully saturated rings. The summed E-state index contributed by atoms with van der Waals surface area (Å²) in [5, 5.41) is 5.21. The minimum atomic E-state index is 0.101. The molecule has 4 rings (SSSR count). The van der Waals surface area contributed by atoms with E-state index >= 15 is 0 Å². The Morgan fingerprint density at radius 2 is 2.22 bits per heavy atom. The minimum absolute atomic E-state index is 0.101. The lowest BCUT2D eigenvalue weighted by Crippen LogP contribution is -2.50. The van der Waals surface area contributed by atoms with E-state index in [2.05, 4.69) is 44.9 Å². The lowest BCUT2D eigenvalue weighted by molar-refractivity contribution is -0.132. The molecule has 1 aliphatic rings. The highest BCUT2D eigenvalue weighted by atomic mass is 16.5. The van der Waals surface area contributed by atoms with E-state index in [-0.39, 0.29) is 11.9 Å². The van der Waals surface area contributed by atoms with Crippen molar-refractivity contribution in [2.45, 2.75) is 59.2 Å². The van der Waals surface area contributed by atoms with Crippen molar-refractivity contribution in [3.8, 4) is 5.75 Å². The van der Waals surface area contributed by atoms with Crippen molar-refractivity contribution in [1.82, 2.24) is 24.5 Å². The lowest BCUT2D eigenvalue weighted by Gasteiger charge is -2.39. The van der Waals surface area contributed by atoms with Crippen LogP contribution in [0.25, 0.3) is 10.9 Å². The van der Waals surface area contributed by atoms with Crippen LogP contribution >= 0.6 is 0 Å². The summed E-state index contributed by atoms with van der Waals surface area (Å²) >= 11 is 0. The van der Waals surface area contributed by atoms with Crippen molar-refractivity contribution in [3.05, 3.63) is 41.7 Å². The second kappa shape index (κ2) is 9.73. The molecule has 0 bridgehead atoms. The summed E-state index contributed by atoms with van der Waals surface area (Å²) in [4.78, 5) is 21.2. The van der Waals surface area contributed by atoms with E-state index < -0.39 is 0 Å². The number of hydrogen-bond acceptors (Lipinski definition) is 6. The zero-order valence-corrected chi connectivity index (χ0v) is 19.5. The molecular formula is C24H33N5O3. The molecule has 8 heteroatoms. The molecule has 1 unspecified atom stereocenters. The number of piperidine rings is 1. The van der Waals surface area contributed by atoms with Crippen molar-refractivity contribution < 1.29 is 14.1 Å². The number of likely N-dealkylation sites (tertiary alicyclic amines) is 1. The first-order valence-corrected chi connectivity index (χ1v) is 11.4. The predicted octanol–water partition coefficient (Wildman–Crippen LogP) is 3.42. The van der Waals surface area contributed by atoms with Gasteiger partial charge in [-0.25, -0.2) is 0 Å². The number of methoxy groups -OCH3 is 1. The van der Waals surface area contributed by atoms with E-state index in [0.717, 1.165) is 44.8 Å². The molecule has 8 nitrogen and oxygen atoms in total. The van der Waals surface area contributed by atoms with E-state index in [1.165, 1.54) is 16.5 Å². The van der Waals surface area contributed by atoms with Gasteiger partial charge in [0.1, 0.15) is 5.75 Å². The third-order valence-electron chi connectivity index (χ3n) is 6.38. The average Bonchev–Trinajstić information content (AvgIpc) is 3.36. The number of ether oxygens (including phenoxy) is 1. The van der Waals surface area contributed by atoms with Gasteiger partial charge in [0.2, 0.25) is 11.8 Å². The van der Waals surface area contributed by atoms with Gasteiger partial charge in [-0.2, -0.15) is 4.98 Å². The number of aryl methyl sites for hydroxylation is 2. The van der Waals surface area contributed by atoms with Gasteiger partial charge >= 0.3 is 0 Å². The van der Waals surface area contributed by atoms with Gasteiger partial charge in [-0.15, -0.1) is 0 Å². The van der Waals surface area contributed by atoms with Crippen LogP contribution in [0.4, 0.5) is 0 Å². The van der Waals surface area contributed by atoms with Crippen molar-refractivity contribution in [3.63, 3.8) is 0 Å². The molecule has 0 spiro atoms. The smallest absolute Gasteiger partial charge is 0.223 e. The second-order valence-electron chi connectivity index (χ2n) is 8.55. The van der Waals surface area contributed by atoms with Crippen LogP contribution in [0.2, 0.25) is 0 Å². The Balaban J connectivity index is 1.47. The third kappa shape index (κ3) is 4.80. The van der Waals surface area contributed by atoms with Gasteiger partial charge in [-0.1, -0.05) is 5.16 Å². The van der Waals surface area contributed by atoms with Crippen LogP contribution in [-0.4, -0.2) is 63.2 Å². The van der Waals surface area contributed by atoms with E-state index in [4.69, 9.17) is 9.26 Å². The largest absolute Gasteiger partial charge is 0.497 e. The Bertz CT molecular complexity index is 1070. The number of nitrogens with zero attached hydrogens (tertiary/aromatic N) is 5. The van der Waals surface area contributed by atoms with Crippen LogP contribution in [0, 0.1) is 6.92 Å². The van der Waals surface area contributed by atoms with Gasteiger partial charge in [0.05, 0.1) is 7.11 Å². The zero-order chi connectivity index (χ0) is 22.7. The molecule has 2 aromatic heterocycles. The molecule has 1 saturated heterocycles. The van der Waals surface area contributed by atoms with E-state index in [9.17, 15) is 4.79 Å². The summed E-state index contributed by atoms with van der Waals surface area (Å²) in [5.41, 5.74) is 2.54. The van der Waals surface area contributed by atoms with Crippen LogP contribution in [0.3, 0.4) is 0 Å². The molecule has 1 aromatic carbocycles. The quantitative estimate of drug-likeness (QED) is 0.535. The fourth-order valence-electron chi connectivity index (χ4n) is 4.80. The number of rotatable bonds is 8. The zero-order valence-electron chi connectivity index (χ0n) is 19.5. The third-order valence-corrected chi connectivity index (χ3v) is 6.38. The summed E-state index contributed by atoms with van der Waals surface area (Å²) in [6.07, 6.45) is 4.96. The highest BCUT2D eigenvalue weighted by Crippen LogP contribution is 2.28. The van der Waals surface area contributed by atoms with Crippen LogP contribution < -0.4 is 4.74 Å². The number of aromatic nitrogens is 3. The normalized spacial score (nSPS) is 17.1. The first kappa shape index (κ1) is 22.3. The van der Waals surface area contributed by atoms with Gasteiger partial charge in [0.15, 0.2) is 5.82 Å². The van der Waals surface area contributed by atoms with Crippen LogP contribution in [0.15, 0.2) is 28.9 Å². The fraction of sp³-hybridized carbons (Fsp3) is 0.542. The van der Waals surface area contributed by atoms with Gasteiger partial charge in [-0.05, 0) is 50.1 Å². The fourth-order valence-corrected chi connectivity index (χ4v) is 4.80.